The second-order valence-electron chi connectivity index (χ2n) is 4.14. The molecule has 0 aromatic rings. The van der Waals surface area contributed by atoms with Crippen molar-refractivity contribution in [2.24, 2.45) is 11.1 Å². The summed E-state index contributed by atoms with van der Waals surface area (Å²) in [6, 6.07) is 0. The van der Waals surface area contributed by atoms with E-state index in [9.17, 15) is 9.59 Å². The molecule has 0 bridgehead atoms. The SMILES string of the molecule is CCCC1(C(=O)NOCC(N)=O)CCNC1. The number of hydrogen-bond donors (Lipinski definition) is 3. The van der Waals surface area contributed by atoms with Gasteiger partial charge in [-0.25, -0.2) is 5.48 Å². The number of carbonyl (C=O) groups excluding carboxylic acids is 2. The maximum Gasteiger partial charge on any atom is 0.251 e. The third-order valence-electron chi connectivity index (χ3n) is 2.83. The van der Waals surface area contributed by atoms with Crippen LogP contribution in [0.3, 0.4) is 0 Å². The fourth-order valence-electron chi connectivity index (χ4n) is 2.02. The van der Waals surface area contributed by atoms with Gasteiger partial charge in [-0.15, -0.1) is 0 Å². The molecule has 4 N–H and O–H groups in total. The molecule has 0 radical (unpaired) electrons. The smallest absolute Gasteiger partial charge is 0.251 e. The Hall–Kier alpha value is -1.14. The predicted octanol–water partition coefficient (Wildman–Crippen LogP) is -0.701. The van der Waals surface area contributed by atoms with Crippen LogP contribution in [0.4, 0.5) is 0 Å². The molecule has 0 aliphatic carbocycles. The molecule has 0 aromatic heterocycles. The van der Waals surface area contributed by atoms with E-state index in [2.05, 4.69) is 10.8 Å². The molecular weight excluding hydrogens is 210 g/mol. The molecule has 1 aliphatic rings. The van der Waals surface area contributed by atoms with Crippen LogP contribution >= 0.6 is 0 Å². The lowest BCUT2D eigenvalue weighted by atomic mass is 9.82. The van der Waals surface area contributed by atoms with Crippen LogP contribution in [0.1, 0.15) is 26.2 Å². The quantitative estimate of drug-likeness (QED) is 0.525. The molecule has 0 saturated carbocycles. The Kier molecular flexibility index (Phi) is 4.70. The minimum atomic E-state index is -0.602. The molecule has 1 heterocycles. The molecule has 1 unspecified atom stereocenters. The van der Waals surface area contributed by atoms with Crippen molar-refractivity contribution in [2.45, 2.75) is 26.2 Å². The average Bonchev–Trinajstić information content (AvgIpc) is 2.67. The molecule has 2 amide bonds. The number of nitrogens with one attached hydrogen (secondary N) is 2. The number of amides is 2. The van der Waals surface area contributed by atoms with Crippen molar-refractivity contribution in [1.29, 1.82) is 0 Å². The Labute approximate surface area is 94.8 Å². The third kappa shape index (κ3) is 3.18. The lowest BCUT2D eigenvalue weighted by Gasteiger charge is -2.25. The highest BCUT2D eigenvalue weighted by Gasteiger charge is 2.40. The van der Waals surface area contributed by atoms with Gasteiger partial charge in [0, 0.05) is 6.54 Å². The molecule has 0 aromatic carbocycles. The fourth-order valence-corrected chi connectivity index (χ4v) is 2.02. The van der Waals surface area contributed by atoms with Gasteiger partial charge in [0.15, 0.2) is 6.61 Å². The Morgan fingerprint density at radius 3 is 2.81 bits per heavy atom. The molecule has 92 valence electrons. The van der Waals surface area contributed by atoms with Crippen LogP contribution in [0.15, 0.2) is 0 Å². The molecule has 16 heavy (non-hydrogen) atoms. The zero-order chi connectivity index (χ0) is 12.0. The van der Waals surface area contributed by atoms with Gasteiger partial charge in [-0.2, -0.15) is 0 Å². The van der Waals surface area contributed by atoms with E-state index in [1.54, 1.807) is 0 Å². The van der Waals surface area contributed by atoms with Crippen LogP contribution in [0, 0.1) is 5.41 Å². The largest absolute Gasteiger partial charge is 0.368 e. The average molecular weight is 229 g/mol. The Morgan fingerprint density at radius 1 is 1.56 bits per heavy atom. The maximum absolute atomic E-state index is 11.9. The van der Waals surface area contributed by atoms with Crippen molar-refractivity contribution in [3.8, 4) is 0 Å². The maximum atomic E-state index is 11.9. The number of hydrogen-bond acceptors (Lipinski definition) is 4. The van der Waals surface area contributed by atoms with Crippen LogP contribution in [0.5, 0.6) is 0 Å². The van der Waals surface area contributed by atoms with E-state index in [-0.39, 0.29) is 12.5 Å². The second kappa shape index (κ2) is 5.81. The van der Waals surface area contributed by atoms with E-state index in [4.69, 9.17) is 10.6 Å². The molecule has 1 rings (SSSR count). The van der Waals surface area contributed by atoms with Gasteiger partial charge in [-0.3, -0.25) is 14.4 Å². The molecule has 1 aliphatic heterocycles. The van der Waals surface area contributed by atoms with Crippen LogP contribution in [-0.4, -0.2) is 31.5 Å². The first-order chi connectivity index (χ1) is 7.60. The van der Waals surface area contributed by atoms with Gasteiger partial charge >= 0.3 is 0 Å². The normalized spacial score (nSPS) is 24.3. The van der Waals surface area contributed by atoms with Gasteiger partial charge in [-0.1, -0.05) is 13.3 Å². The van der Waals surface area contributed by atoms with Crippen molar-refractivity contribution >= 4 is 11.8 Å². The van der Waals surface area contributed by atoms with E-state index in [0.717, 1.165) is 25.8 Å². The van der Waals surface area contributed by atoms with Gasteiger partial charge in [0.2, 0.25) is 5.91 Å². The third-order valence-corrected chi connectivity index (χ3v) is 2.83. The Bertz CT molecular complexity index is 262. The highest BCUT2D eigenvalue weighted by Crippen LogP contribution is 2.31. The number of hydroxylamine groups is 1. The summed E-state index contributed by atoms with van der Waals surface area (Å²) in [7, 11) is 0. The number of nitrogens with two attached hydrogens (primary N) is 1. The molecule has 1 saturated heterocycles. The molecule has 1 fully saturated rings. The second-order valence-corrected chi connectivity index (χ2v) is 4.14. The van der Waals surface area contributed by atoms with Gasteiger partial charge in [0.25, 0.3) is 5.91 Å². The van der Waals surface area contributed by atoms with Crippen molar-refractivity contribution in [3.05, 3.63) is 0 Å². The molecular formula is C10H19N3O3. The van der Waals surface area contributed by atoms with Crippen LogP contribution in [0.2, 0.25) is 0 Å². The zero-order valence-corrected chi connectivity index (χ0v) is 9.54. The Balaban J connectivity index is 2.45. The van der Waals surface area contributed by atoms with E-state index in [0.29, 0.717) is 6.54 Å². The van der Waals surface area contributed by atoms with Crippen molar-refractivity contribution < 1.29 is 14.4 Å². The molecule has 1 atom stereocenters. The van der Waals surface area contributed by atoms with Gasteiger partial charge < -0.3 is 11.1 Å². The number of primary amides is 1. The summed E-state index contributed by atoms with van der Waals surface area (Å²) in [5.74, 6) is -0.769. The topological polar surface area (TPSA) is 93.4 Å². The van der Waals surface area contributed by atoms with Gasteiger partial charge in [0.05, 0.1) is 5.41 Å². The lowest BCUT2D eigenvalue weighted by molar-refractivity contribution is -0.146. The monoisotopic (exact) mass is 229 g/mol. The predicted molar refractivity (Wildman–Crippen MR) is 58.1 cm³/mol. The van der Waals surface area contributed by atoms with Crippen molar-refractivity contribution in [2.75, 3.05) is 19.7 Å². The standard InChI is InChI=1S/C10H19N3O3/c1-2-3-10(4-5-12-7-10)9(15)13-16-6-8(11)14/h12H,2-7H2,1H3,(H2,11,14)(H,13,15). The van der Waals surface area contributed by atoms with Gasteiger partial charge in [0.1, 0.15) is 0 Å². The van der Waals surface area contributed by atoms with Crippen LogP contribution < -0.4 is 16.5 Å². The molecule has 0 spiro atoms. The summed E-state index contributed by atoms with van der Waals surface area (Å²) in [5, 5.41) is 3.17. The highest BCUT2D eigenvalue weighted by atomic mass is 16.7. The summed E-state index contributed by atoms with van der Waals surface area (Å²) < 4.78 is 0. The summed E-state index contributed by atoms with van der Waals surface area (Å²) in [6.07, 6.45) is 2.54. The number of rotatable bonds is 6. The highest BCUT2D eigenvalue weighted by molar-refractivity contribution is 5.82. The fraction of sp³-hybridized carbons (Fsp3) is 0.800. The summed E-state index contributed by atoms with van der Waals surface area (Å²) >= 11 is 0. The van der Waals surface area contributed by atoms with E-state index in [1.807, 2.05) is 6.92 Å². The van der Waals surface area contributed by atoms with Gasteiger partial charge in [-0.05, 0) is 19.4 Å². The first kappa shape index (κ1) is 12.9. The van der Waals surface area contributed by atoms with Crippen molar-refractivity contribution in [1.82, 2.24) is 10.8 Å². The van der Waals surface area contributed by atoms with E-state index in [1.165, 1.54) is 0 Å². The lowest BCUT2D eigenvalue weighted by Crippen LogP contribution is -2.43. The summed E-state index contributed by atoms with van der Waals surface area (Å²) in [5.41, 5.74) is 6.80. The number of carbonyl (C=O) groups is 2. The van der Waals surface area contributed by atoms with E-state index < -0.39 is 11.3 Å². The molecule has 6 nitrogen and oxygen atoms in total. The summed E-state index contributed by atoms with van der Waals surface area (Å²) in [4.78, 5) is 27.1. The minimum Gasteiger partial charge on any atom is -0.368 e. The molecule has 6 heteroatoms. The Morgan fingerprint density at radius 2 is 2.31 bits per heavy atom. The van der Waals surface area contributed by atoms with Crippen LogP contribution in [0.25, 0.3) is 0 Å². The van der Waals surface area contributed by atoms with Crippen molar-refractivity contribution in [3.63, 3.8) is 0 Å². The van der Waals surface area contributed by atoms with E-state index >= 15 is 0 Å². The van der Waals surface area contributed by atoms with Crippen LogP contribution in [-0.2, 0) is 14.4 Å². The zero-order valence-electron chi connectivity index (χ0n) is 9.54. The minimum absolute atomic E-state index is 0.166. The summed E-state index contributed by atoms with van der Waals surface area (Å²) in [6.45, 7) is 3.24. The first-order valence-electron chi connectivity index (χ1n) is 5.52. The first-order valence-corrected chi connectivity index (χ1v) is 5.52.